The molecule has 26 heavy (non-hydrogen) atoms. The average Bonchev–Trinajstić information content (AvgIpc) is 2.65. The van der Waals surface area contributed by atoms with E-state index in [1.54, 1.807) is 13.1 Å². The van der Waals surface area contributed by atoms with Crippen LogP contribution in [-0.4, -0.2) is 53.6 Å². The number of esters is 1. The number of piperazine rings is 1. The first-order valence-electron chi connectivity index (χ1n) is 8.84. The maximum Gasteiger partial charge on any atom is 0.310 e. The van der Waals surface area contributed by atoms with E-state index in [4.69, 9.17) is 16.3 Å². The van der Waals surface area contributed by atoms with E-state index in [-0.39, 0.29) is 12.4 Å². The second-order valence-electron chi connectivity index (χ2n) is 6.22. The van der Waals surface area contributed by atoms with Gasteiger partial charge in [0.05, 0.1) is 13.0 Å². The van der Waals surface area contributed by atoms with Crippen LogP contribution in [0.15, 0.2) is 36.5 Å². The maximum absolute atomic E-state index is 11.6. The van der Waals surface area contributed by atoms with Crippen molar-refractivity contribution in [1.82, 2.24) is 14.9 Å². The van der Waals surface area contributed by atoms with Crippen LogP contribution in [0.1, 0.15) is 18.1 Å². The number of hydrogen-bond acceptors (Lipinski definition) is 6. The molecular weight excluding hydrogens is 352 g/mol. The van der Waals surface area contributed by atoms with E-state index in [9.17, 15) is 4.79 Å². The van der Waals surface area contributed by atoms with Crippen molar-refractivity contribution in [2.24, 2.45) is 0 Å². The van der Waals surface area contributed by atoms with Crippen LogP contribution in [0, 0.1) is 0 Å². The number of ether oxygens (including phenoxy) is 1. The number of anilines is 1. The summed E-state index contributed by atoms with van der Waals surface area (Å²) in [5.41, 5.74) is 1.92. The monoisotopic (exact) mass is 374 g/mol. The molecule has 1 aliphatic rings. The van der Waals surface area contributed by atoms with Crippen LogP contribution in [0.5, 0.6) is 0 Å². The molecule has 1 aromatic heterocycles. The zero-order chi connectivity index (χ0) is 18.4. The first kappa shape index (κ1) is 18.6. The summed E-state index contributed by atoms with van der Waals surface area (Å²) in [7, 11) is 0. The minimum atomic E-state index is -0.319. The summed E-state index contributed by atoms with van der Waals surface area (Å²) in [4.78, 5) is 24.9. The maximum atomic E-state index is 11.6. The highest BCUT2D eigenvalue weighted by atomic mass is 35.5. The van der Waals surface area contributed by atoms with Gasteiger partial charge in [-0.3, -0.25) is 9.69 Å². The van der Waals surface area contributed by atoms with Crippen LogP contribution in [0.3, 0.4) is 0 Å². The Labute approximate surface area is 158 Å². The molecule has 0 bridgehead atoms. The number of carbonyl (C=O) groups excluding carboxylic acids is 1. The predicted molar refractivity (Wildman–Crippen MR) is 101 cm³/mol. The van der Waals surface area contributed by atoms with Crippen LogP contribution in [-0.2, 0) is 22.5 Å². The summed E-state index contributed by atoms with van der Waals surface area (Å²) in [6.07, 6.45) is 1.72. The van der Waals surface area contributed by atoms with Gasteiger partial charge in [-0.1, -0.05) is 41.9 Å². The smallest absolute Gasteiger partial charge is 0.310 e. The number of benzene rings is 1. The van der Waals surface area contributed by atoms with Crippen LogP contribution in [0.4, 0.5) is 5.95 Å². The Kier molecular flexibility index (Phi) is 6.41. The third-order valence-corrected chi connectivity index (χ3v) is 4.67. The lowest BCUT2D eigenvalue weighted by Crippen LogP contribution is -2.46. The molecule has 0 N–H and O–H groups in total. The Morgan fingerprint density at radius 1 is 1.19 bits per heavy atom. The molecule has 1 aliphatic heterocycles. The Morgan fingerprint density at radius 2 is 1.92 bits per heavy atom. The standard InChI is InChI=1S/C19H23ClN4O2/c1-2-26-17(25)12-16-13-21-19(22-18(16)20)24-10-8-23(9-11-24)14-15-6-4-3-5-7-15/h3-7,13H,2,8-12,14H2,1H3. The first-order valence-corrected chi connectivity index (χ1v) is 9.21. The van der Waals surface area contributed by atoms with E-state index in [2.05, 4.69) is 44.0 Å². The van der Waals surface area contributed by atoms with Crippen molar-refractivity contribution in [2.75, 3.05) is 37.7 Å². The molecule has 0 radical (unpaired) electrons. The molecule has 2 aromatic rings. The quantitative estimate of drug-likeness (QED) is 0.572. The van der Waals surface area contributed by atoms with Crippen molar-refractivity contribution in [2.45, 2.75) is 19.9 Å². The first-order chi connectivity index (χ1) is 12.7. The highest BCUT2D eigenvalue weighted by Gasteiger charge is 2.20. The molecule has 7 heteroatoms. The van der Waals surface area contributed by atoms with Gasteiger partial charge in [0, 0.05) is 44.5 Å². The molecule has 0 unspecified atom stereocenters. The lowest BCUT2D eigenvalue weighted by atomic mass is 10.2. The lowest BCUT2D eigenvalue weighted by molar-refractivity contribution is -0.142. The van der Waals surface area contributed by atoms with E-state index < -0.39 is 0 Å². The summed E-state index contributed by atoms with van der Waals surface area (Å²) in [5.74, 6) is 0.294. The van der Waals surface area contributed by atoms with Crippen LogP contribution >= 0.6 is 11.6 Å². The molecule has 138 valence electrons. The summed E-state index contributed by atoms with van der Waals surface area (Å²) in [5, 5.41) is 0.315. The highest BCUT2D eigenvalue weighted by molar-refractivity contribution is 6.30. The van der Waals surface area contributed by atoms with Crippen molar-refractivity contribution in [1.29, 1.82) is 0 Å². The van der Waals surface area contributed by atoms with Gasteiger partial charge in [-0.25, -0.2) is 9.97 Å². The molecule has 6 nitrogen and oxygen atoms in total. The van der Waals surface area contributed by atoms with Gasteiger partial charge in [-0.05, 0) is 12.5 Å². The molecule has 0 amide bonds. The van der Waals surface area contributed by atoms with E-state index in [0.29, 0.717) is 23.3 Å². The van der Waals surface area contributed by atoms with Crippen molar-refractivity contribution in [3.63, 3.8) is 0 Å². The van der Waals surface area contributed by atoms with Crippen LogP contribution < -0.4 is 4.90 Å². The molecule has 0 saturated carbocycles. The SMILES string of the molecule is CCOC(=O)Cc1cnc(N2CCN(Cc3ccccc3)CC2)nc1Cl. The number of nitrogens with zero attached hydrogens (tertiary/aromatic N) is 4. The third kappa shape index (κ3) is 4.93. The zero-order valence-electron chi connectivity index (χ0n) is 14.9. The van der Waals surface area contributed by atoms with E-state index >= 15 is 0 Å². The summed E-state index contributed by atoms with van der Waals surface area (Å²) >= 11 is 6.23. The van der Waals surface area contributed by atoms with Gasteiger partial charge in [0.2, 0.25) is 5.95 Å². The number of aromatic nitrogens is 2. The Bertz CT molecular complexity index is 734. The minimum absolute atomic E-state index is 0.0950. The fourth-order valence-corrected chi connectivity index (χ4v) is 3.15. The van der Waals surface area contributed by atoms with Crippen molar-refractivity contribution in [3.05, 3.63) is 52.8 Å². The van der Waals surface area contributed by atoms with Gasteiger partial charge in [-0.15, -0.1) is 0 Å². The largest absolute Gasteiger partial charge is 0.466 e. The molecule has 0 atom stereocenters. The van der Waals surface area contributed by atoms with Gasteiger partial charge < -0.3 is 9.64 Å². The number of hydrogen-bond donors (Lipinski definition) is 0. The Hall–Kier alpha value is -2.18. The Morgan fingerprint density at radius 3 is 2.58 bits per heavy atom. The number of carbonyl (C=O) groups is 1. The van der Waals surface area contributed by atoms with Crippen LogP contribution in [0.25, 0.3) is 0 Å². The molecule has 0 aliphatic carbocycles. The number of rotatable bonds is 6. The zero-order valence-corrected chi connectivity index (χ0v) is 15.7. The topological polar surface area (TPSA) is 58.6 Å². The molecule has 0 spiro atoms. The molecule has 2 heterocycles. The summed E-state index contributed by atoms with van der Waals surface area (Å²) in [6.45, 7) is 6.66. The van der Waals surface area contributed by atoms with E-state index in [1.807, 2.05) is 6.07 Å². The van der Waals surface area contributed by atoms with Crippen molar-refractivity contribution < 1.29 is 9.53 Å². The van der Waals surface area contributed by atoms with Gasteiger partial charge in [0.15, 0.2) is 0 Å². The average molecular weight is 375 g/mol. The van der Waals surface area contributed by atoms with Gasteiger partial charge in [-0.2, -0.15) is 0 Å². The van der Waals surface area contributed by atoms with Gasteiger partial charge in [0.25, 0.3) is 0 Å². The molecule has 1 fully saturated rings. The second kappa shape index (κ2) is 8.96. The van der Waals surface area contributed by atoms with Crippen molar-refractivity contribution >= 4 is 23.5 Å². The highest BCUT2D eigenvalue weighted by Crippen LogP contribution is 2.19. The fraction of sp³-hybridized carbons (Fsp3) is 0.421. The second-order valence-corrected chi connectivity index (χ2v) is 6.57. The van der Waals surface area contributed by atoms with E-state index in [0.717, 1.165) is 32.7 Å². The van der Waals surface area contributed by atoms with Gasteiger partial charge in [0.1, 0.15) is 5.15 Å². The number of halogens is 1. The molecular formula is C19H23ClN4O2. The molecule has 1 aromatic carbocycles. The molecule has 1 saturated heterocycles. The van der Waals surface area contributed by atoms with E-state index in [1.165, 1.54) is 5.56 Å². The third-order valence-electron chi connectivity index (χ3n) is 4.34. The predicted octanol–water partition coefficient (Wildman–Crippen LogP) is 2.56. The van der Waals surface area contributed by atoms with Gasteiger partial charge >= 0.3 is 5.97 Å². The summed E-state index contributed by atoms with van der Waals surface area (Å²) in [6, 6.07) is 10.5. The Balaban J connectivity index is 1.55. The summed E-state index contributed by atoms with van der Waals surface area (Å²) < 4.78 is 4.94. The lowest BCUT2D eigenvalue weighted by Gasteiger charge is -2.34. The molecule has 3 rings (SSSR count). The normalized spacial score (nSPS) is 15.1. The minimum Gasteiger partial charge on any atom is -0.466 e. The fourth-order valence-electron chi connectivity index (χ4n) is 2.96. The van der Waals surface area contributed by atoms with Crippen LogP contribution in [0.2, 0.25) is 5.15 Å². The van der Waals surface area contributed by atoms with Crippen molar-refractivity contribution in [3.8, 4) is 0 Å².